The van der Waals surface area contributed by atoms with Gasteiger partial charge in [0.05, 0.1) is 6.61 Å². The molecule has 2 nitrogen and oxygen atoms in total. The Bertz CT molecular complexity index is 289. The van der Waals surface area contributed by atoms with Crippen molar-refractivity contribution < 1.29 is 9.84 Å². The zero-order valence-electron chi connectivity index (χ0n) is 6.47. The van der Waals surface area contributed by atoms with Crippen molar-refractivity contribution in [1.82, 2.24) is 0 Å². The lowest BCUT2D eigenvalue weighted by molar-refractivity contribution is 0.337. The number of aromatic hydroxyl groups is 1. The number of hydrogen-bond acceptors (Lipinski definition) is 2. The van der Waals surface area contributed by atoms with Gasteiger partial charge in [-0.3, -0.25) is 0 Å². The van der Waals surface area contributed by atoms with E-state index in [1.54, 1.807) is 12.1 Å². The van der Waals surface area contributed by atoms with Crippen LogP contribution in [0.3, 0.4) is 0 Å². The van der Waals surface area contributed by atoms with E-state index >= 15 is 0 Å². The van der Waals surface area contributed by atoms with E-state index in [1.807, 2.05) is 6.92 Å². The monoisotopic (exact) mass is 298 g/mol. The predicted octanol–water partition coefficient (Wildman–Crippen LogP) is 3.05. The van der Waals surface area contributed by atoms with Crippen molar-refractivity contribution >= 4 is 34.2 Å². The van der Waals surface area contributed by atoms with Crippen LogP contribution in [0.2, 0.25) is 5.02 Å². The smallest absolute Gasteiger partial charge is 0.142 e. The SMILES string of the molecule is CCOc1cc(I)cc(O)c1Cl. The Morgan fingerprint density at radius 3 is 2.83 bits per heavy atom. The second-order valence-electron chi connectivity index (χ2n) is 2.17. The second-order valence-corrected chi connectivity index (χ2v) is 3.79. The van der Waals surface area contributed by atoms with Gasteiger partial charge < -0.3 is 9.84 Å². The summed E-state index contributed by atoms with van der Waals surface area (Å²) >= 11 is 7.85. The van der Waals surface area contributed by atoms with Crippen molar-refractivity contribution in [2.24, 2.45) is 0 Å². The third-order valence-electron chi connectivity index (χ3n) is 1.28. The molecule has 1 aromatic rings. The molecular weight excluding hydrogens is 290 g/mol. The van der Waals surface area contributed by atoms with Crippen LogP contribution >= 0.6 is 34.2 Å². The molecule has 66 valence electrons. The molecule has 0 bridgehead atoms. The Morgan fingerprint density at radius 1 is 1.58 bits per heavy atom. The fourth-order valence-electron chi connectivity index (χ4n) is 0.811. The summed E-state index contributed by atoms with van der Waals surface area (Å²) < 4.78 is 6.10. The van der Waals surface area contributed by atoms with Crippen molar-refractivity contribution in [1.29, 1.82) is 0 Å². The van der Waals surface area contributed by atoms with E-state index in [0.29, 0.717) is 12.4 Å². The highest BCUT2D eigenvalue weighted by atomic mass is 127. The summed E-state index contributed by atoms with van der Waals surface area (Å²) in [4.78, 5) is 0. The van der Waals surface area contributed by atoms with Crippen molar-refractivity contribution in [3.8, 4) is 11.5 Å². The molecule has 1 rings (SSSR count). The number of phenols is 1. The van der Waals surface area contributed by atoms with Crippen molar-refractivity contribution in [3.05, 3.63) is 20.7 Å². The molecule has 1 N–H and O–H groups in total. The molecule has 0 aliphatic rings. The van der Waals surface area contributed by atoms with Crippen molar-refractivity contribution in [3.63, 3.8) is 0 Å². The van der Waals surface area contributed by atoms with Gasteiger partial charge in [-0.15, -0.1) is 0 Å². The van der Waals surface area contributed by atoms with Gasteiger partial charge in [0.2, 0.25) is 0 Å². The van der Waals surface area contributed by atoms with Gasteiger partial charge in [0.1, 0.15) is 16.5 Å². The topological polar surface area (TPSA) is 29.5 Å². The number of rotatable bonds is 2. The number of halogens is 2. The van der Waals surface area contributed by atoms with E-state index in [0.717, 1.165) is 3.57 Å². The molecular formula is C8H8ClIO2. The summed E-state index contributed by atoms with van der Waals surface area (Å²) in [5.41, 5.74) is 0. The lowest BCUT2D eigenvalue weighted by Gasteiger charge is -2.06. The van der Waals surface area contributed by atoms with Gasteiger partial charge in [-0.25, -0.2) is 0 Å². The maximum Gasteiger partial charge on any atom is 0.142 e. The minimum absolute atomic E-state index is 0.0621. The van der Waals surface area contributed by atoms with Crippen LogP contribution in [-0.4, -0.2) is 11.7 Å². The van der Waals surface area contributed by atoms with E-state index in [1.165, 1.54) is 0 Å². The molecule has 0 saturated heterocycles. The van der Waals surface area contributed by atoms with Gasteiger partial charge in [-0.05, 0) is 41.6 Å². The molecule has 0 unspecified atom stereocenters. The first-order chi connectivity index (χ1) is 5.65. The minimum atomic E-state index is 0.0621. The van der Waals surface area contributed by atoms with E-state index in [4.69, 9.17) is 16.3 Å². The number of ether oxygens (including phenoxy) is 1. The van der Waals surface area contributed by atoms with Crippen LogP contribution < -0.4 is 4.74 Å². The van der Waals surface area contributed by atoms with Crippen molar-refractivity contribution in [2.45, 2.75) is 6.92 Å². The normalized spacial score (nSPS) is 9.92. The fourth-order valence-corrected chi connectivity index (χ4v) is 1.55. The summed E-state index contributed by atoms with van der Waals surface area (Å²) in [6.45, 7) is 2.41. The third-order valence-corrected chi connectivity index (χ3v) is 2.29. The summed E-state index contributed by atoms with van der Waals surface area (Å²) in [6, 6.07) is 3.37. The Labute approximate surface area is 89.6 Å². The van der Waals surface area contributed by atoms with Crippen LogP contribution in [-0.2, 0) is 0 Å². The average Bonchev–Trinajstić information content (AvgIpc) is 2.00. The first kappa shape index (κ1) is 9.92. The van der Waals surface area contributed by atoms with Gasteiger partial charge >= 0.3 is 0 Å². The highest BCUT2D eigenvalue weighted by molar-refractivity contribution is 14.1. The van der Waals surface area contributed by atoms with Crippen LogP contribution in [0.25, 0.3) is 0 Å². The van der Waals surface area contributed by atoms with Gasteiger partial charge in [0.25, 0.3) is 0 Å². The first-order valence-corrected chi connectivity index (χ1v) is 4.91. The zero-order valence-corrected chi connectivity index (χ0v) is 9.39. The molecule has 0 aliphatic carbocycles. The Morgan fingerprint density at radius 2 is 2.25 bits per heavy atom. The molecule has 0 atom stereocenters. The molecule has 0 amide bonds. The van der Waals surface area contributed by atoms with Crippen LogP contribution in [0.5, 0.6) is 11.5 Å². The summed E-state index contributed by atoms with van der Waals surface area (Å²) in [5, 5.41) is 9.57. The first-order valence-electron chi connectivity index (χ1n) is 3.46. The molecule has 0 saturated carbocycles. The number of benzene rings is 1. The molecule has 0 fully saturated rings. The molecule has 0 aliphatic heterocycles. The van der Waals surface area contributed by atoms with Crippen molar-refractivity contribution in [2.75, 3.05) is 6.61 Å². The zero-order chi connectivity index (χ0) is 9.14. The average molecular weight is 299 g/mol. The molecule has 0 heterocycles. The van der Waals surface area contributed by atoms with Gasteiger partial charge in [0.15, 0.2) is 0 Å². The highest BCUT2D eigenvalue weighted by Crippen LogP contribution is 2.34. The molecule has 0 aromatic heterocycles. The summed E-state index contributed by atoms with van der Waals surface area (Å²) in [6.07, 6.45) is 0. The summed E-state index contributed by atoms with van der Waals surface area (Å²) in [7, 11) is 0. The van der Waals surface area contributed by atoms with Crippen LogP contribution in [0.15, 0.2) is 12.1 Å². The Balaban J connectivity index is 3.09. The van der Waals surface area contributed by atoms with Gasteiger partial charge in [0, 0.05) is 3.57 Å². The largest absolute Gasteiger partial charge is 0.506 e. The summed E-state index contributed by atoms with van der Waals surface area (Å²) in [5.74, 6) is 0.593. The molecule has 4 heteroatoms. The quantitative estimate of drug-likeness (QED) is 0.850. The third kappa shape index (κ3) is 2.17. The van der Waals surface area contributed by atoms with E-state index in [2.05, 4.69) is 22.6 Å². The lowest BCUT2D eigenvalue weighted by Crippen LogP contribution is -1.92. The Kier molecular flexibility index (Phi) is 3.46. The van der Waals surface area contributed by atoms with Gasteiger partial charge in [-0.2, -0.15) is 0 Å². The fraction of sp³-hybridized carbons (Fsp3) is 0.250. The lowest BCUT2D eigenvalue weighted by atomic mass is 10.3. The molecule has 0 radical (unpaired) electrons. The molecule has 12 heavy (non-hydrogen) atoms. The van der Waals surface area contributed by atoms with Crippen LogP contribution in [0, 0.1) is 3.57 Å². The number of hydrogen-bond donors (Lipinski definition) is 1. The van der Waals surface area contributed by atoms with Crippen LogP contribution in [0.4, 0.5) is 0 Å². The maximum atomic E-state index is 9.29. The standard InChI is InChI=1S/C8H8ClIO2/c1-2-12-7-4-5(10)3-6(11)8(7)9/h3-4,11H,2H2,1H3. The van der Waals surface area contributed by atoms with E-state index in [-0.39, 0.29) is 10.8 Å². The predicted molar refractivity (Wildman–Crippen MR) is 57.0 cm³/mol. The second kappa shape index (κ2) is 4.18. The molecule has 1 aromatic carbocycles. The van der Waals surface area contributed by atoms with Gasteiger partial charge in [-0.1, -0.05) is 11.6 Å². The highest BCUT2D eigenvalue weighted by Gasteiger charge is 2.07. The Hall–Kier alpha value is -0.160. The minimum Gasteiger partial charge on any atom is -0.506 e. The van der Waals surface area contributed by atoms with Crippen LogP contribution in [0.1, 0.15) is 6.92 Å². The maximum absolute atomic E-state index is 9.29. The van der Waals surface area contributed by atoms with E-state index in [9.17, 15) is 5.11 Å². The number of phenolic OH excluding ortho intramolecular Hbond substituents is 1. The van der Waals surface area contributed by atoms with E-state index < -0.39 is 0 Å². The molecule has 0 spiro atoms.